The van der Waals surface area contributed by atoms with E-state index in [1.54, 1.807) is 18.2 Å². The molecular weight excluding hydrogens is 624 g/mol. The van der Waals surface area contributed by atoms with Crippen molar-refractivity contribution in [1.29, 1.82) is 0 Å². The topological polar surface area (TPSA) is 54.4 Å². The molecule has 0 fully saturated rings. The van der Waals surface area contributed by atoms with Gasteiger partial charge in [0.1, 0.15) is 4.90 Å². The third-order valence-electron chi connectivity index (χ3n) is 2.64. The average Bonchev–Trinajstić information content (AvgIpc) is 2.43. The molecule has 0 saturated carbocycles. The molecule has 0 heterocycles. The van der Waals surface area contributed by atoms with Crippen molar-refractivity contribution < 1.29 is 13.0 Å². The first-order chi connectivity index (χ1) is 9.66. The summed E-state index contributed by atoms with van der Waals surface area (Å²) >= 11 is 17.2. The van der Waals surface area contributed by atoms with E-state index in [-0.39, 0.29) is 4.90 Å². The monoisotopic (exact) mass is 624 g/mol. The van der Waals surface area contributed by atoms with Gasteiger partial charge < -0.3 is 0 Å². The zero-order valence-corrected chi connectivity index (χ0v) is 18.6. The van der Waals surface area contributed by atoms with E-state index in [1.807, 2.05) is 0 Å². The van der Waals surface area contributed by atoms with Crippen LogP contribution in [0.25, 0.3) is 11.1 Å². The summed E-state index contributed by atoms with van der Waals surface area (Å²) in [6.45, 7) is 0. The van der Waals surface area contributed by atoms with E-state index in [0.29, 0.717) is 20.1 Å². The summed E-state index contributed by atoms with van der Waals surface area (Å²) < 4.78 is 36.1. The number of rotatable bonds is 2. The van der Waals surface area contributed by atoms with Crippen LogP contribution >= 0.6 is 79.6 Å². The highest BCUT2D eigenvalue weighted by Crippen LogP contribution is 2.49. The lowest BCUT2D eigenvalue weighted by Gasteiger charge is -2.15. The molecule has 0 amide bonds. The summed E-state index contributed by atoms with van der Waals surface area (Å²) in [7, 11) is -4.33. The van der Waals surface area contributed by atoms with Crippen molar-refractivity contribution in [2.24, 2.45) is 0 Å². The normalized spacial score (nSPS) is 11.7. The Labute approximate surface area is 163 Å². The van der Waals surface area contributed by atoms with Gasteiger partial charge in [0.05, 0.1) is 0 Å². The van der Waals surface area contributed by atoms with E-state index in [4.69, 9.17) is 0 Å². The van der Waals surface area contributed by atoms with Gasteiger partial charge in [0.25, 0.3) is 10.1 Å². The number of halogens is 5. The van der Waals surface area contributed by atoms with Crippen LogP contribution in [0.4, 0.5) is 0 Å². The Morgan fingerprint density at radius 2 is 1.19 bits per heavy atom. The molecule has 1 N–H and O–H groups in total. The lowest BCUT2D eigenvalue weighted by molar-refractivity contribution is 0.483. The van der Waals surface area contributed by atoms with Crippen LogP contribution in [0, 0.1) is 0 Å². The van der Waals surface area contributed by atoms with Crippen LogP contribution in [0.1, 0.15) is 0 Å². The van der Waals surface area contributed by atoms with E-state index < -0.39 is 10.1 Å². The van der Waals surface area contributed by atoms with Gasteiger partial charge in [0.2, 0.25) is 0 Å². The minimum Gasteiger partial charge on any atom is -0.282 e. The molecule has 0 bridgehead atoms. The Morgan fingerprint density at radius 1 is 0.762 bits per heavy atom. The lowest BCUT2D eigenvalue weighted by Crippen LogP contribution is -2.01. The summed E-state index contributed by atoms with van der Waals surface area (Å²) in [5, 5.41) is 0. The molecule has 0 aliphatic heterocycles. The van der Waals surface area contributed by atoms with Crippen molar-refractivity contribution in [3.05, 3.63) is 46.6 Å². The minimum absolute atomic E-state index is 0.160. The fraction of sp³-hybridized carbons (Fsp3) is 0. The standard InChI is InChI=1S/C12H5Br5O3S/c13-8-7(9(14)11(16)12(17)10(8)15)5-3-1-2-4-6(5)21(18,19)20/h1-4H,(H,18,19,20). The lowest BCUT2D eigenvalue weighted by atomic mass is 10.1. The van der Waals surface area contributed by atoms with Crippen LogP contribution in [0.3, 0.4) is 0 Å². The SMILES string of the molecule is O=S(=O)(O)c1ccccc1-c1c(Br)c(Br)c(Br)c(Br)c1Br. The smallest absolute Gasteiger partial charge is 0.282 e. The molecule has 112 valence electrons. The van der Waals surface area contributed by atoms with Crippen molar-refractivity contribution >= 4 is 89.8 Å². The summed E-state index contributed by atoms with van der Waals surface area (Å²) in [6.07, 6.45) is 0. The van der Waals surface area contributed by atoms with Crippen LogP contribution in [0.2, 0.25) is 0 Å². The second kappa shape index (κ2) is 6.70. The van der Waals surface area contributed by atoms with Crippen LogP contribution < -0.4 is 0 Å². The van der Waals surface area contributed by atoms with Gasteiger partial charge in [-0.25, -0.2) is 0 Å². The maximum Gasteiger partial charge on any atom is 0.295 e. The second-order valence-corrected chi connectivity index (χ2v) is 9.27. The first-order valence-corrected chi connectivity index (χ1v) is 10.6. The van der Waals surface area contributed by atoms with Gasteiger partial charge in [-0.05, 0) is 85.7 Å². The van der Waals surface area contributed by atoms with E-state index in [2.05, 4.69) is 79.6 Å². The molecule has 0 spiro atoms. The number of benzene rings is 2. The Morgan fingerprint density at radius 3 is 1.67 bits per heavy atom. The molecule has 3 nitrogen and oxygen atoms in total. The Balaban J connectivity index is 2.94. The molecule has 0 aliphatic rings. The fourth-order valence-corrected chi connectivity index (χ4v) is 5.91. The largest absolute Gasteiger partial charge is 0.295 e. The number of hydrogen-bond acceptors (Lipinski definition) is 2. The van der Waals surface area contributed by atoms with Gasteiger partial charge >= 0.3 is 0 Å². The van der Waals surface area contributed by atoms with Gasteiger partial charge in [-0.15, -0.1) is 0 Å². The zero-order valence-electron chi connectivity index (χ0n) is 9.87. The van der Waals surface area contributed by atoms with Crippen molar-refractivity contribution in [2.75, 3.05) is 0 Å². The molecular formula is C12H5Br5O3S. The first-order valence-electron chi connectivity index (χ1n) is 5.24. The quantitative estimate of drug-likeness (QED) is 0.238. The molecule has 2 rings (SSSR count). The Bertz CT molecular complexity index is 804. The van der Waals surface area contributed by atoms with Crippen molar-refractivity contribution in [1.82, 2.24) is 0 Å². The Kier molecular flexibility index (Phi) is 5.78. The van der Waals surface area contributed by atoms with Crippen LogP contribution in [0.5, 0.6) is 0 Å². The maximum absolute atomic E-state index is 11.6. The van der Waals surface area contributed by atoms with Crippen LogP contribution in [0.15, 0.2) is 51.5 Å². The van der Waals surface area contributed by atoms with Crippen LogP contribution in [-0.4, -0.2) is 13.0 Å². The predicted octanol–water partition coefficient (Wildman–Crippen LogP) is 6.41. The maximum atomic E-state index is 11.6. The molecule has 0 aliphatic carbocycles. The molecule has 21 heavy (non-hydrogen) atoms. The molecule has 0 unspecified atom stereocenters. The van der Waals surface area contributed by atoms with E-state index in [1.165, 1.54) is 6.07 Å². The van der Waals surface area contributed by atoms with E-state index >= 15 is 0 Å². The summed E-state index contributed by atoms with van der Waals surface area (Å²) in [5.74, 6) is 0. The highest BCUT2D eigenvalue weighted by atomic mass is 79.9. The van der Waals surface area contributed by atoms with Crippen molar-refractivity contribution in [3.63, 3.8) is 0 Å². The molecule has 9 heteroatoms. The molecule has 2 aromatic rings. The molecule has 0 radical (unpaired) electrons. The molecule has 2 aromatic carbocycles. The third-order valence-corrected chi connectivity index (χ3v) is 9.65. The predicted molar refractivity (Wildman–Crippen MR) is 100 cm³/mol. The summed E-state index contributed by atoms with van der Waals surface area (Å²) in [4.78, 5) is -0.160. The minimum atomic E-state index is -4.33. The van der Waals surface area contributed by atoms with Gasteiger partial charge in [-0.1, -0.05) is 18.2 Å². The zero-order chi connectivity index (χ0) is 15.9. The fourth-order valence-electron chi connectivity index (χ4n) is 1.74. The second-order valence-electron chi connectivity index (χ2n) is 3.92. The molecule has 0 aromatic heterocycles. The van der Waals surface area contributed by atoms with Gasteiger partial charge in [0.15, 0.2) is 0 Å². The van der Waals surface area contributed by atoms with Crippen molar-refractivity contribution in [2.45, 2.75) is 4.90 Å². The van der Waals surface area contributed by atoms with Gasteiger partial charge in [-0.2, -0.15) is 8.42 Å². The van der Waals surface area contributed by atoms with E-state index in [9.17, 15) is 13.0 Å². The highest BCUT2D eigenvalue weighted by molar-refractivity contribution is 9.15. The average molecular weight is 629 g/mol. The number of hydrogen-bond donors (Lipinski definition) is 1. The molecule has 0 atom stereocenters. The van der Waals surface area contributed by atoms with Gasteiger partial charge in [0, 0.05) is 33.5 Å². The highest BCUT2D eigenvalue weighted by Gasteiger charge is 2.23. The van der Waals surface area contributed by atoms with Crippen molar-refractivity contribution in [3.8, 4) is 11.1 Å². The van der Waals surface area contributed by atoms with Crippen LogP contribution in [-0.2, 0) is 10.1 Å². The molecule has 0 saturated heterocycles. The van der Waals surface area contributed by atoms with Gasteiger partial charge in [-0.3, -0.25) is 4.55 Å². The summed E-state index contributed by atoms with van der Waals surface area (Å²) in [6, 6.07) is 6.23. The Hall–Kier alpha value is 0.750. The first kappa shape index (κ1) is 18.1. The summed E-state index contributed by atoms with van der Waals surface area (Å²) in [5.41, 5.74) is 0.984. The van der Waals surface area contributed by atoms with E-state index in [0.717, 1.165) is 13.4 Å². The third kappa shape index (κ3) is 3.49.